The number of anilines is 1. The molecular weight excluding hydrogens is 254 g/mol. The molecule has 3 N–H and O–H groups in total. The topological polar surface area (TPSA) is 78.0 Å². The fourth-order valence-electron chi connectivity index (χ4n) is 1.62. The van der Waals surface area contributed by atoms with Crippen LogP contribution in [0.2, 0.25) is 0 Å². The molecule has 1 heterocycles. The molecule has 1 aromatic heterocycles. The number of aromatic nitrogens is 2. The van der Waals surface area contributed by atoms with Crippen molar-refractivity contribution in [1.82, 2.24) is 10.2 Å². The molecule has 104 valence electrons. The number of aromatic hydroxyl groups is 1. The Morgan fingerprint density at radius 1 is 1.35 bits per heavy atom. The molecule has 0 fully saturated rings. The van der Waals surface area contributed by atoms with Crippen molar-refractivity contribution < 1.29 is 9.90 Å². The summed E-state index contributed by atoms with van der Waals surface area (Å²) >= 11 is 0. The number of hydrogen-bond acceptors (Lipinski definition) is 3. The summed E-state index contributed by atoms with van der Waals surface area (Å²) in [6.07, 6.45) is 3.10. The third-order valence-corrected chi connectivity index (χ3v) is 2.79. The summed E-state index contributed by atoms with van der Waals surface area (Å²) in [4.78, 5) is 11.7. The molecule has 2 rings (SSSR count). The quantitative estimate of drug-likeness (QED) is 0.748. The molecule has 20 heavy (non-hydrogen) atoms. The van der Waals surface area contributed by atoms with Gasteiger partial charge in [-0.1, -0.05) is 26.0 Å². The number of carbonyl (C=O) groups excluding carboxylic acids is 1. The SMILES string of the molecule is CC(C)c1cc(NC(=O)/C=C/c2ccc(O)cc2)n[nH]1. The normalized spacial score (nSPS) is 11.2. The highest BCUT2D eigenvalue weighted by atomic mass is 16.3. The van der Waals surface area contributed by atoms with Crippen LogP contribution in [0.25, 0.3) is 6.08 Å². The van der Waals surface area contributed by atoms with Gasteiger partial charge in [-0.3, -0.25) is 9.89 Å². The first-order chi connectivity index (χ1) is 9.54. The second-order valence-electron chi connectivity index (χ2n) is 4.78. The largest absolute Gasteiger partial charge is 0.508 e. The van der Waals surface area contributed by atoms with Crippen LogP contribution >= 0.6 is 0 Å². The highest BCUT2D eigenvalue weighted by molar-refractivity contribution is 6.01. The number of amides is 1. The number of nitrogens with zero attached hydrogens (tertiary/aromatic N) is 1. The molecule has 0 saturated carbocycles. The van der Waals surface area contributed by atoms with Crippen LogP contribution in [0.1, 0.15) is 31.0 Å². The lowest BCUT2D eigenvalue weighted by Gasteiger charge is -1.97. The van der Waals surface area contributed by atoms with E-state index < -0.39 is 0 Å². The minimum absolute atomic E-state index is 0.198. The summed E-state index contributed by atoms with van der Waals surface area (Å²) in [6.45, 7) is 4.09. The maximum Gasteiger partial charge on any atom is 0.249 e. The van der Waals surface area contributed by atoms with Crippen LogP contribution in [0, 0.1) is 0 Å². The minimum atomic E-state index is -0.250. The first-order valence-corrected chi connectivity index (χ1v) is 6.38. The van der Waals surface area contributed by atoms with Crippen molar-refractivity contribution in [3.05, 3.63) is 47.7 Å². The van der Waals surface area contributed by atoms with Crippen LogP contribution < -0.4 is 5.32 Å². The molecule has 0 aliphatic carbocycles. The van der Waals surface area contributed by atoms with Crippen molar-refractivity contribution in [3.63, 3.8) is 0 Å². The summed E-state index contributed by atoms with van der Waals surface area (Å²) in [5.41, 5.74) is 1.81. The summed E-state index contributed by atoms with van der Waals surface area (Å²) in [6, 6.07) is 8.41. The van der Waals surface area contributed by atoms with Crippen LogP contribution in [0.3, 0.4) is 0 Å². The lowest BCUT2D eigenvalue weighted by molar-refractivity contribution is -0.111. The zero-order chi connectivity index (χ0) is 14.5. The van der Waals surface area contributed by atoms with E-state index in [1.165, 1.54) is 6.08 Å². The maximum atomic E-state index is 11.7. The Balaban J connectivity index is 1.96. The Labute approximate surface area is 117 Å². The van der Waals surface area contributed by atoms with Gasteiger partial charge in [0.05, 0.1) is 0 Å². The molecule has 1 amide bonds. The van der Waals surface area contributed by atoms with Crippen molar-refractivity contribution in [2.24, 2.45) is 0 Å². The van der Waals surface area contributed by atoms with Gasteiger partial charge in [0.1, 0.15) is 5.75 Å². The number of H-pyrrole nitrogens is 1. The fraction of sp³-hybridized carbons (Fsp3) is 0.200. The summed E-state index contributed by atoms with van der Waals surface area (Å²) in [5, 5.41) is 18.7. The number of carbonyl (C=O) groups is 1. The van der Waals surface area contributed by atoms with Gasteiger partial charge in [-0.15, -0.1) is 0 Å². The summed E-state index contributed by atoms with van der Waals surface area (Å²) < 4.78 is 0. The number of nitrogens with one attached hydrogen (secondary N) is 2. The van der Waals surface area contributed by atoms with Gasteiger partial charge >= 0.3 is 0 Å². The summed E-state index contributed by atoms with van der Waals surface area (Å²) in [5.74, 6) is 0.791. The van der Waals surface area contributed by atoms with Gasteiger partial charge in [0.2, 0.25) is 5.91 Å². The van der Waals surface area contributed by atoms with Crippen molar-refractivity contribution in [3.8, 4) is 5.75 Å². The van der Waals surface area contributed by atoms with Crippen molar-refractivity contribution >= 4 is 17.8 Å². The standard InChI is InChI=1S/C15H17N3O2/c1-10(2)13-9-14(18-17-13)16-15(20)8-5-11-3-6-12(19)7-4-11/h3-10,19H,1-2H3,(H2,16,17,18,20)/b8-5+. The predicted molar refractivity (Wildman–Crippen MR) is 78.4 cm³/mol. The number of hydrogen-bond donors (Lipinski definition) is 3. The van der Waals surface area contributed by atoms with Gasteiger partial charge in [0.15, 0.2) is 5.82 Å². The smallest absolute Gasteiger partial charge is 0.249 e. The lowest BCUT2D eigenvalue weighted by atomic mass is 10.1. The summed E-state index contributed by atoms with van der Waals surface area (Å²) in [7, 11) is 0. The number of aromatic amines is 1. The second-order valence-corrected chi connectivity index (χ2v) is 4.78. The third kappa shape index (κ3) is 3.71. The average Bonchev–Trinajstić information content (AvgIpc) is 2.87. The van der Waals surface area contributed by atoms with Crippen molar-refractivity contribution in [1.29, 1.82) is 0 Å². The monoisotopic (exact) mass is 271 g/mol. The van der Waals surface area contributed by atoms with Gasteiger partial charge in [0.25, 0.3) is 0 Å². The molecule has 0 saturated heterocycles. The number of rotatable bonds is 4. The highest BCUT2D eigenvalue weighted by Crippen LogP contribution is 2.15. The molecule has 0 aliphatic heterocycles. The van der Waals surface area contributed by atoms with Gasteiger partial charge < -0.3 is 10.4 Å². The molecule has 0 spiro atoms. The molecule has 0 bridgehead atoms. The zero-order valence-electron chi connectivity index (χ0n) is 11.4. The van der Waals surface area contributed by atoms with Crippen LogP contribution in [-0.4, -0.2) is 21.2 Å². The van der Waals surface area contributed by atoms with Crippen LogP contribution in [-0.2, 0) is 4.79 Å². The molecule has 1 aromatic carbocycles. The van der Waals surface area contributed by atoms with E-state index in [-0.39, 0.29) is 11.7 Å². The molecule has 5 nitrogen and oxygen atoms in total. The van der Waals surface area contributed by atoms with Gasteiger partial charge in [-0.2, -0.15) is 5.10 Å². The minimum Gasteiger partial charge on any atom is -0.508 e. The van der Waals surface area contributed by atoms with Gasteiger partial charge in [-0.25, -0.2) is 0 Å². The first kappa shape index (κ1) is 13.9. The number of benzene rings is 1. The van der Waals surface area contributed by atoms with E-state index in [1.807, 2.05) is 19.9 Å². The molecule has 0 unspecified atom stereocenters. The molecule has 0 atom stereocenters. The van der Waals surface area contributed by atoms with E-state index in [9.17, 15) is 4.79 Å². The van der Waals surface area contributed by atoms with Crippen LogP contribution in [0.5, 0.6) is 5.75 Å². The van der Waals surface area contributed by atoms with E-state index in [0.717, 1.165) is 11.3 Å². The average molecular weight is 271 g/mol. The van der Waals surface area contributed by atoms with E-state index >= 15 is 0 Å². The van der Waals surface area contributed by atoms with Gasteiger partial charge in [0, 0.05) is 17.8 Å². The zero-order valence-corrected chi connectivity index (χ0v) is 11.4. The third-order valence-electron chi connectivity index (χ3n) is 2.79. The molecule has 0 radical (unpaired) electrons. The Hall–Kier alpha value is -2.56. The Kier molecular flexibility index (Phi) is 4.20. The van der Waals surface area contributed by atoms with Crippen molar-refractivity contribution in [2.45, 2.75) is 19.8 Å². The Morgan fingerprint density at radius 3 is 2.65 bits per heavy atom. The predicted octanol–water partition coefficient (Wildman–Crippen LogP) is 2.89. The second kappa shape index (κ2) is 6.06. The molecule has 2 aromatic rings. The first-order valence-electron chi connectivity index (χ1n) is 6.38. The lowest BCUT2D eigenvalue weighted by Crippen LogP contribution is -2.07. The maximum absolute atomic E-state index is 11.7. The van der Waals surface area contributed by atoms with E-state index in [1.54, 1.807) is 30.3 Å². The molecule has 5 heteroatoms. The Bertz CT molecular complexity index is 612. The van der Waals surface area contributed by atoms with E-state index in [4.69, 9.17) is 5.11 Å². The highest BCUT2D eigenvalue weighted by Gasteiger charge is 2.06. The van der Waals surface area contributed by atoms with Gasteiger partial charge in [-0.05, 0) is 29.7 Å². The van der Waals surface area contributed by atoms with E-state index in [2.05, 4.69) is 15.5 Å². The van der Waals surface area contributed by atoms with E-state index in [0.29, 0.717) is 11.7 Å². The Morgan fingerprint density at radius 2 is 2.05 bits per heavy atom. The fourth-order valence-corrected chi connectivity index (χ4v) is 1.62. The molecular formula is C15H17N3O2. The number of phenols is 1. The van der Waals surface area contributed by atoms with Crippen LogP contribution in [0.15, 0.2) is 36.4 Å². The van der Waals surface area contributed by atoms with Crippen molar-refractivity contribution in [2.75, 3.05) is 5.32 Å². The van der Waals surface area contributed by atoms with Crippen LogP contribution in [0.4, 0.5) is 5.82 Å². The number of phenolic OH excluding ortho intramolecular Hbond substituents is 1. The molecule has 0 aliphatic rings.